The minimum absolute atomic E-state index is 0.720. The van der Waals surface area contributed by atoms with Gasteiger partial charge in [-0.3, -0.25) is 4.90 Å². The summed E-state index contributed by atoms with van der Waals surface area (Å²) in [4.78, 5) is 6.76. The van der Waals surface area contributed by atoms with Crippen LogP contribution >= 0.6 is 0 Å². The van der Waals surface area contributed by atoms with Crippen molar-refractivity contribution in [3.05, 3.63) is 23.9 Å². The van der Waals surface area contributed by atoms with Crippen molar-refractivity contribution in [2.24, 2.45) is 17.7 Å². The highest BCUT2D eigenvalue weighted by Crippen LogP contribution is 2.25. The molecular weight excluding hydrogens is 224 g/mol. The molecule has 18 heavy (non-hydrogen) atoms. The van der Waals surface area contributed by atoms with E-state index in [4.69, 9.17) is 5.84 Å². The van der Waals surface area contributed by atoms with Gasteiger partial charge in [0.05, 0.1) is 0 Å². The Hall–Kier alpha value is -1.13. The van der Waals surface area contributed by atoms with Gasteiger partial charge in [-0.2, -0.15) is 0 Å². The number of hydrogen-bond donors (Lipinski definition) is 2. The highest BCUT2D eigenvalue weighted by atomic mass is 15.2. The number of aromatic nitrogens is 1. The van der Waals surface area contributed by atoms with Gasteiger partial charge in [0, 0.05) is 12.7 Å². The highest BCUT2D eigenvalue weighted by molar-refractivity contribution is 5.33. The van der Waals surface area contributed by atoms with Crippen LogP contribution in [0.5, 0.6) is 0 Å². The standard InChI is InChI=1S/C14H24N4/c1-11(2)13-5-7-18(8-6-13)10-12-3-4-14(17-15)16-9-12/h3-4,9,11,13H,5-8,10,15H2,1-2H3,(H,16,17). The molecule has 2 rings (SSSR count). The van der Waals surface area contributed by atoms with Gasteiger partial charge in [-0.25, -0.2) is 10.8 Å². The van der Waals surface area contributed by atoms with Crippen molar-refractivity contribution in [3.8, 4) is 0 Å². The molecule has 0 spiro atoms. The summed E-state index contributed by atoms with van der Waals surface area (Å²) in [6, 6.07) is 4.02. The van der Waals surface area contributed by atoms with Crippen LogP contribution in [0.15, 0.2) is 18.3 Å². The predicted octanol–water partition coefficient (Wildman–Crippen LogP) is 2.24. The first-order valence-electron chi connectivity index (χ1n) is 6.83. The van der Waals surface area contributed by atoms with E-state index in [2.05, 4.69) is 35.2 Å². The fourth-order valence-corrected chi connectivity index (χ4v) is 2.64. The van der Waals surface area contributed by atoms with Crippen LogP contribution in [0.4, 0.5) is 5.82 Å². The zero-order chi connectivity index (χ0) is 13.0. The van der Waals surface area contributed by atoms with E-state index >= 15 is 0 Å². The van der Waals surface area contributed by atoms with Gasteiger partial charge in [-0.15, -0.1) is 0 Å². The molecule has 1 aromatic heterocycles. The van der Waals surface area contributed by atoms with E-state index in [0.717, 1.165) is 24.2 Å². The van der Waals surface area contributed by atoms with Gasteiger partial charge >= 0.3 is 0 Å². The molecule has 0 radical (unpaired) electrons. The lowest BCUT2D eigenvalue weighted by atomic mass is 9.86. The Morgan fingerprint density at radius 1 is 1.39 bits per heavy atom. The molecule has 4 heteroatoms. The third-order valence-electron chi connectivity index (χ3n) is 3.95. The molecule has 4 nitrogen and oxygen atoms in total. The van der Waals surface area contributed by atoms with Gasteiger partial charge in [0.15, 0.2) is 0 Å². The number of piperidine rings is 1. The number of rotatable bonds is 4. The Balaban J connectivity index is 1.83. The first-order valence-corrected chi connectivity index (χ1v) is 6.83. The first-order chi connectivity index (χ1) is 8.69. The zero-order valence-electron chi connectivity index (χ0n) is 11.4. The van der Waals surface area contributed by atoms with Crippen molar-refractivity contribution in [1.29, 1.82) is 0 Å². The summed E-state index contributed by atoms with van der Waals surface area (Å²) >= 11 is 0. The van der Waals surface area contributed by atoms with Gasteiger partial charge in [-0.1, -0.05) is 19.9 Å². The van der Waals surface area contributed by atoms with Gasteiger partial charge in [0.25, 0.3) is 0 Å². The van der Waals surface area contributed by atoms with E-state index in [1.165, 1.54) is 31.5 Å². The molecule has 0 unspecified atom stereocenters. The van der Waals surface area contributed by atoms with Crippen molar-refractivity contribution < 1.29 is 0 Å². The van der Waals surface area contributed by atoms with E-state index < -0.39 is 0 Å². The summed E-state index contributed by atoms with van der Waals surface area (Å²) < 4.78 is 0. The maximum absolute atomic E-state index is 5.30. The molecule has 2 heterocycles. The Morgan fingerprint density at radius 3 is 2.61 bits per heavy atom. The number of nitrogens with one attached hydrogen (secondary N) is 1. The van der Waals surface area contributed by atoms with Gasteiger partial charge in [-0.05, 0) is 49.4 Å². The quantitative estimate of drug-likeness (QED) is 0.634. The fourth-order valence-electron chi connectivity index (χ4n) is 2.64. The topological polar surface area (TPSA) is 54.2 Å². The van der Waals surface area contributed by atoms with Gasteiger partial charge in [0.2, 0.25) is 0 Å². The predicted molar refractivity (Wildman–Crippen MR) is 74.9 cm³/mol. The number of hydrazine groups is 1. The van der Waals surface area contributed by atoms with Crippen molar-refractivity contribution in [3.63, 3.8) is 0 Å². The molecular formula is C14H24N4. The lowest BCUT2D eigenvalue weighted by Gasteiger charge is -2.33. The highest BCUT2D eigenvalue weighted by Gasteiger charge is 2.21. The first kappa shape index (κ1) is 13.3. The second-order valence-electron chi connectivity index (χ2n) is 5.55. The molecule has 1 aliphatic rings. The maximum atomic E-state index is 5.30. The van der Waals surface area contributed by atoms with E-state index in [0.29, 0.717) is 0 Å². The van der Waals surface area contributed by atoms with Crippen LogP contribution in [-0.2, 0) is 6.54 Å². The summed E-state index contributed by atoms with van der Waals surface area (Å²) in [5, 5.41) is 0. The molecule has 1 saturated heterocycles. The third-order valence-corrected chi connectivity index (χ3v) is 3.95. The molecule has 1 aliphatic heterocycles. The van der Waals surface area contributed by atoms with Crippen LogP contribution in [0.25, 0.3) is 0 Å². The minimum atomic E-state index is 0.720. The molecule has 0 bridgehead atoms. The normalized spacial score (nSPS) is 18.2. The molecule has 100 valence electrons. The van der Waals surface area contributed by atoms with E-state index in [1.807, 2.05) is 12.3 Å². The third kappa shape index (κ3) is 3.43. The monoisotopic (exact) mass is 248 g/mol. The summed E-state index contributed by atoms with van der Waals surface area (Å²) in [7, 11) is 0. The second-order valence-corrected chi connectivity index (χ2v) is 5.55. The van der Waals surface area contributed by atoms with Crippen LogP contribution in [0, 0.1) is 11.8 Å². The van der Waals surface area contributed by atoms with Gasteiger partial charge in [0.1, 0.15) is 5.82 Å². The maximum Gasteiger partial charge on any atom is 0.139 e. The SMILES string of the molecule is CC(C)C1CCN(Cc2ccc(NN)nc2)CC1. The summed E-state index contributed by atoms with van der Waals surface area (Å²) in [6.45, 7) is 8.09. The summed E-state index contributed by atoms with van der Waals surface area (Å²) in [5.74, 6) is 7.75. The smallest absolute Gasteiger partial charge is 0.139 e. The lowest BCUT2D eigenvalue weighted by Crippen LogP contribution is -2.34. The van der Waals surface area contributed by atoms with E-state index in [1.54, 1.807) is 0 Å². The molecule has 0 amide bonds. The molecule has 3 N–H and O–H groups in total. The molecule has 0 atom stereocenters. The number of nitrogen functional groups attached to an aromatic ring is 1. The summed E-state index contributed by atoms with van der Waals surface area (Å²) in [5.41, 5.74) is 3.81. The number of pyridine rings is 1. The fraction of sp³-hybridized carbons (Fsp3) is 0.643. The van der Waals surface area contributed by atoms with Crippen LogP contribution in [0.1, 0.15) is 32.3 Å². The average molecular weight is 248 g/mol. The van der Waals surface area contributed by atoms with Crippen LogP contribution < -0.4 is 11.3 Å². The molecule has 0 saturated carbocycles. The molecule has 0 aliphatic carbocycles. The van der Waals surface area contributed by atoms with Crippen LogP contribution in [0.3, 0.4) is 0 Å². The van der Waals surface area contributed by atoms with Crippen molar-refractivity contribution in [1.82, 2.24) is 9.88 Å². The largest absolute Gasteiger partial charge is 0.308 e. The molecule has 1 aromatic rings. The van der Waals surface area contributed by atoms with E-state index in [-0.39, 0.29) is 0 Å². The van der Waals surface area contributed by atoms with Crippen molar-refractivity contribution >= 4 is 5.82 Å². The Bertz CT molecular complexity index is 353. The van der Waals surface area contributed by atoms with Crippen LogP contribution in [-0.4, -0.2) is 23.0 Å². The Kier molecular flexibility index (Phi) is 4.55. The van der Waals surface area contributed by atoms with Crippen molar-refractivity contribution in [2.45, 2.75) is 33.2 Å². The minimum Gasteiger partial charge on any atom is -0.308 e. The van der Waals surface area contributed by atoms with Crippen molar-refractivity contribution in [2.75, 3.05) is 18.5 Å². The number of hydrogen-bond acceptors (Lipinski definition) is 4. The Morgan fingerprint density at radius 2 is 2.11 bits per heavy atom. The number of nitrogens with zero attached hydrogens (tertiary/aromatic N) is 2. The number of anilines is 1. The number of likely N-dealkylation sites (tertiary alicyclic amines) is 1. The lowest BCUT2D eigenvalue weighted by molar-refractivity contribution is 0.152. The molecule has 1 fully saturated rings. The molecule has 0 aromatic carbocycles. The second kappa shape index (κ2) is 6.16. The van der Waals surface area contributed by atoms with Crippen LogP contribution in [0.2, 0.25) is 0 Å². The zero-order valence-corrected chi connectivity index (χ0v) is 11.4. The van der Waals surface area contributed by atoms with Gasteiger partial charge < -0.3 is 5.43 Å². The van der Waals surface area contributed by atoms with E-state index in [9.17, 15) is 0 Å². The summed E-state index contributed by atoms with van der Waals surface area (Å²) in [6.07, 6.45) is 4.56. The average Bonchev–Trinajstić information content (AvgIpc) is 2.40. The number of nitrogens with two attached hydrogens (primary N) is 1. The Labute approximate surface area is 110 Å².